The Bertz CT molecular complexity index is 450. The van der Waals surface area contributed by atoms with Crippen LogP contribution in [0.15, 0.2) is 17.0 Å². The van der Waals surface area contributed by atoms with Crippen molar-refractivity contribution >= 4 is 17.5 Å². The number of hydrogen-bond donors (Lipinski definition) is 0. The molecule has 0 amide bonds. The summed E-state index contributed by atoms with van der Waals surface area (Å²) in [7, 11) is 0. The number of rotatable bonds is 1. The minimum atomic E-state index is 0.0876. The molecule has 0 saturated carbocycles. The molecule has 1 aliphatic rings. The Morgan fingerprint density at radius 2 is 2.06 bits per heavy atom. The fraction of sp³-hybridized carbons (Fsp3) is 0.500. The van der Waals surface area contributed by atoms with Crippen LogP contribution >= 0.6 is 11.8 Å². The lowest BCUT2D eigenvalue weighted by atomic mass is 9.93. The molecule has 16 heavy (non-hydrogen) atoms. The van der Waals surface area contributed by atoms with E-state index in [1.165, 1.54) is 10.5 Å². The first-order valence-corrected chi connectivity index (χ1v) is 6.60. The minimum Gasteiger partial charge on any atom is -0.294 e. The van der Waals surface area contributed by atoms with E-state index < -0.39 is 0 Å². The molecule has 0 bridgehead atoms. The first kappa shape index (κ1) is 11.7. The Morgan fingerprint density at radius 1 is 1.38 bits per heavy atom. The molecule has 1 aromatic rings. The van der Waals surface area contributed by atoms with Crippen LogP contribution < -0.4 is 0 Å². The molecule has 1 unspecified atom stereocenters. The molecule has 0 aliphatic carbocycles. The van der Waals surface area contributed by atoms with E-state index >= 15 is 0 Å². The van der Waals surface area contributed by atoms with Crippen LogP contribution in [-0.2, 0) is 0 Å². The summed E-state index contributed by atoms with van der Waals surface area (Å²) >= 11 is 1.87. The quantitative estimate of drug-likeness (QED) is 0.726. The van der Waals surface area contributed by atoms with Crippen LogP contribution in [0.25, 0.3) is 0 Å². The highest BCUT2D eigenvalue weighted by molar-refractivity contribution is 8.00. The van der Waals surface area contributed by atoms with Crippen molar-refractivity contribution in [3.05, 3.63) is 28.8 Å². The zero-order chi connectivity index (χ0) is 11.9. The Hall–Kier alpha value is -0.760. The van der Waals surface area contributed by atoms with Gasteiger partial charge in [-0.2, -0.15) is 0 Å². The second-order valence-corrected chi connectivity index (χ2v) is 6.59. The van der Waals surface area contributed by atoms with Gasteiger partial charge in [0.25, 0.3) is 0 Å². The average Bonchev–Trinajstić information content (AvgIpc) is 2.15. The van der Waals surface area contributed by atoms with E-state index in [0.717, 1.165) is 17.5 Å². The van der Waals surface area contributed by atoms with E-state index in [9.17, 15) is 4.79 Å². The topological polar surface area (TPSA) is 17.1 Å². The van der Waals surface area contributed by atoms with Crippen LogP contribution in [0.2, 0.25) is 0 Å². The van der Waals surface area contributed by atoms with Crippen molar-refractivity contribution in [2.75, 3.05) is 0 Å². The maximum atomic E-state index is 12.2. The maximum Gasteiger partial charge on any atom is 0.165 e. The number of thioether (sulfide) groups is 1. The third-order valence-electron chi connectivity index (χ3n) is 3.36. The van der Waals surface area contributed by atoms with E-state index in [1.807, 2.05) is 18.7 Å². The highest BCUT2D eigenvalue weighted by atomic mass is 32.2. The van der Waals surface area contributed by atoms with E-state index in [1.54, 1.807) is 0 Å². The number of carbonyl (C=O) groups excluding carboxylic acids is 1. The smallest absolute Gasteiger partial charge is 0.165 e. The zero-order valence-corrected chi connectivity index (χ0v) is 11.2. The maximum absolute atomic E-state index is 12.2. The molecule has 1 heterocycles. The summed E-state index contributed by atoms with van der Waals surface area (Å²) < 4.78 is 0.0876. The Labute approximate surface area is 102 Å². The molecule has 0 aromatic heterocycles. The molecule has 1 nitrogen and oxygen atoms in total. The SMILES string of the molecule is CCC1(C)CC(=O)c2c(C)cc(C)cc2S1. The lowest BCUT2D eigenvalue weighted by Crippen LogP contribution is -2.28. The van der Waals surface area contributed by atoms with Gasteiger partial charge in [0.2, 0.25) is 0 Å². The standard InChI is InChI=1S/C14H18OS/c1-5-14(4)8-11(15)13-10(3)6-9(2)7-12(13)16-14/h6-7H,5,8H2,1-4H3. The highest BCUT2D eigenvalue weighted by Gasteiger charge is 2.34. The van der Waals surface area contributed by atoms with Gasteiger partial charge in [-0.25, -0.2) is 0 Å². The predicted octanol–water partition coefficient (Wildman–Crippen LogP) is 4.15. The summed E-state index contributed by atoms with van der Waals surface area (Å²) in [6.07, 6.45) is 1.71. The second-order valence-electron chi connectivity index (χ2n) is 4.96. The minimum absolute atomic E-state index is 0.0876. The van der Waals surface area contributed by atoms with E-state index in [0.29, 0.717) is 12.2 Å². The lowest BCUT2D eigenvalue weighted by Gasteiger charge is -2.33. The summed E-state index contributed by atoms with van der Waals surface area (Å²) in [5, 5.41) is 0. The zero-order valence-electron chi connectivity index (χ0n) is 10.4. The number of hydrogen-bond acceptors (Lipinski definition) is 2. The molecule has 0 N–H and O–H groups in total. The van der Waals surface area contributed by atoms with Crippen molar-refractivity contribution in [2.45, 2.75) is 50.2 Å². The Morgan fingerprint density at radius 3 is 2.69 bits per heavy atom. The molecule has 86 valence electrons. The van der Waals surface area contributed by atoms with E-state index in [4.69, 9.17) is 0 Å². The van der Waals surface area contributed by atoms with Crippen LogP contribution in [0.3, 0.4) is 0 Å². The molecule has 0 spiro atoms. The summed E-state index contributed by atoms with van der Waals surface area (Å²) in [5.74, 6) is 0.315. The Balaban J connectivity index is 2.55. The molecule has 0 saturated heterocycles. The third-order valence-corrected chi connectivity index (χ3v) is 4.83. The average molecular weight is 234 g/mol. The molecular formula is C14H18OS. The van der Waals surface area contributed by atoms with Gasteiger partial charge in [0.05, 0.1) is 0 Å². The monoisotopic (exact) mass is 234 g/mol. The van der Waals surface area contributed by atoms with E-state index in [2.05, 4.69) is 32.9 Å². The molecule has 0 radical (unpaired) electrons. The van der Waals surface area contributed by atoms with Gasteiger partial charge >= 0.3 is 0 Å². The van der Waals surface area contributed by atoms with Crippen molar-refractivity contribution in [3.63, 3.8) is 0 Å². The van der Waals surface area contributed by atoms with Gasteiger partial charge in [0, 0.05) is 21.6 Å². The van der Waals surface area contributed by atoms with Crippen molar-refractivity contribution in [3.8, 4) is 0 Å². The lowest BCUT2D eigenvalue weighted by molar-refractivity contribution is 0.0963. The highest BCUT2D eigenvalue weighted by Crippen LogP contribution is 2.45. The van der Waals surface area contributed by atoms with Crippen molar-refractivity contribution in [1.29, 1.82) is 0 Å². The van der Waals surface area contributed by atoms with Gasteiger partial charge in [-0.05, 0) is 44.4 Å². The van der Waals surface area contributed by atoms with Gasteiger partial charge in [-0.1, -0.05) is 13.0 Å². The number of aryl methyl sites for hydroxylation is 2. The summed E-state index contributed by atoms with van der Waals surface area (Å²) in [6, 6.07) is 4.25. The normalized spacial score (nSPS) is 24.4. The van der Waals surface area contributed by atoms with Crippen LogP contribution in [0.1, 0.15) is 48.2 Å². The summed E-state index contributed by atoms with van der Waals surface area (Å²) in [5.41, 5.74) is 3.34. The van der Waals surface area contributed by atoms with Crippen LogP contribution in [-0.4, -0.2) is 10.5 Å². The first-order valence-electron chi connectivity index (χ1n) is 5.78. The fourth-order valence-electron chi connectivity index (χ4n) is 2.29. The van der Waals surface area contributed by atoms with Crippen LogP contribution in [0, 0.1) is 13.8 Å². The van der Waals surface area contributed by atoms with Gasteiger partial charge in [-0.3, -0.25) is 4.79 Å². The molecule has 0 fully saturated rings. The number of ketones is 1. The van der Waals surface area contributed by atoms with E-state index in [-0.39, 0.29) is 4.75 Å². The summed E-state index contributed by atoms with van der Waals surface area (Å²) in [6.45, 7) is 8.49. The number of fused-ring (bicyclic) bond motifs is 1. The third kappa shape index (κ3) is 1.91. The number of benzene rings is 1. The van der Waals surface area contributed by atoms with Gasteiger partial charge in [0.15, 0.2) is 5.78 Å². The van der Waals surface area contributed by atoms with Crippen molar-refractivity contribution < 1.29 is 4.79 Å². The molecular weight excluding hydrogens is 216 g/mol. The van der Waals surface area contributed by atoms with Crippen LogP contribution in [0.5, 0.6) is 0 Å². The number of Topliss-reactive ketones (excluding diaryl/α,β-unsaturated/α-hetero) is 1. The van der Waals surface area contributed by atoms with Crippen LogP contribution in [0.4, 0.5) is 0 Å². The van der Waals surface area contributed by atoms with Crippen molar-refractivity contribution in [1.82, 2.24) is 0 Å². The largest absolute Gasteiger partial charge is 0.294 e. The van der Waals surface area contributed by atoms with Gasteiger partial charge < -0.3 is 0 Å². The molecule has 1 aromatic carbocycles. The van der Waals surface area contributed by atoms with Gasteiger partial charge in [0.1, 0.15) is 0 Å². The van der Waals surface area contributed by atoms with Gasteiger partial charge in [-0.15, -0.1) is 11.8 Å². The second kappa shape index (κ2) is 3.92. The summed E-state index contributed by atoms with van der Waals surface area (Å²) in [4.78, 5) is 13.4. The fourth-order valence-corrected chi connectivity index (χ4v) is 3.79. The molecule has 1 atom stereocenters. The molecule has 2 rings (SSSR count). The first-order chi connectivity index (χ1) is 7.45. The predicted molar refractivity (Wildman–Crippen MR) is 69.4 cm³/mol. The Kier molecular flexibility index (Phi) is 2.87. The molecule has 1 aliphatic heterocycles. The van der Waals surface area contributed by atoms with Crippen molar-refractivity contribution in [2.24, 2.45) is 0 Å². The molecule has 2 heteroatoms. The number of carbonyl (C=O) groups is 1.